The molecule has 0 unspecified atom stereocenters. The van der Waals surface area contributed by atoms with Crippen molar-refractivity contribution in [2.75, 3.05) is 0 Å². The molecular weight excluding hydrogens is 194 g/mol. The molecule has 74 valence electrons. The fourth-order valence-electron chi connectivity index (χ4n) is 1.74. The number of aromatic amines is 1. The number of halogens is 1. The maximum absolute atomic E-state index is 5.98. The van der Waals surface area contributed by atoms with Crippen LogP contribution in [0.25, 0.3) is 10.9 Å². The lowest BCUT2D eigenvalue weighted by Gasteiger charge is -2.06. The van der Waals surface area contributed by atoms with Crippen LogP contribution in [0.3, 0.4) is 0 Å². The van der Waals surface area contributed by atoms with E-state index in [-0.39, 0.29) is 0 Å². The molecule has 1 atom stereocenters. The second-order valence-electron chi connectivity index (χ2n) is 3.74. The average molecular weight is 208 g/mol. The van der Waals surface area contributed by atoms with Gasteiger partial charge in [-0.2, -0.15) is 0 Å². The Balaban J connectivity index is 2.61. The topological polar surface area (TPSA) is 15.8 Å². The van der Waals surface area contributed by atoms with Gasteiger partial charge in [0.2, 0.25) is 0 Å². The minimum Gasteiger partial charge on any atom is -0.361 e. The molecule has 2 heteroatoms. The largest absolute Gasteiger partial charge is 0.361 e. The summed E-state index contributed by atoms with van der Waals surface area (Å²) in [5, 5.41) is 2.06. The summed E-state index contributed by atoms with van der Waals surface area (Å²) >= 11 is 5.98. The Bertz CT molecular complexity index is 445. The summed E-state index contributed by atoms with van der Waals surface area (Å²) in [6, 6.07) is 5.99. The van der Waals surface area contributed by atoms with Crippen LogP contribution in [0.4, 0.5) is 0 Å². The quantitative estimate of drug-likeness (QED) is 0.754. The van der Waals surface area contributed by atoms with Crippen molar-refractivity contribution in [1.29, 1.82) is 0 Å². The predicted octanol–water partition coefficient (Wildman–Crippen LogP) is 4.33. The molecule has 1 N–H and O–H groups in total. The number of benzene rings is 1. The SMILES string of the molecule is CC[C@H](C)c1c[nH]c2ccc(Cl)cc12. The molecule has 0 fully saturated rings. The Kier molecular flexibility index (Phi) is 2.51. The summed E-state index contributed by atoms with van der Waals surface area (Å²) in [5.74, 6) is 0.585. The van der Waals surface area contributed by atoms with Gasteiger partial charge in [0.05, 0.1) is 0 Å². The van der Waals surface area contributed by atoms with Gasteiger partial charge in [-0.1, -0.05) is 25.4 Å². The fraction of sp³-hybridized carbons (Fsp3) is 0.333. The third-order valence-corrected chi connectivity index (χ3v) is 3.05. The van der Waals surface area contributed by atoms with E-state index in [0.29, 0.717) is 5.92 Å². The van der Waals surface area contributed by atoms with Crippen LogP contribution in [-0.2, 0) is 0 Å². The molecule has 1 aromatic heterocycles. The van der Waals surface area contributed by atoms with Crippen molar-refractivity contribution in [2.24, 2.45) is 0 Å². The van der Waals surface area contributed by atoms with Crippen molar-refractivity contribution in [3.8, 4) is 0 Å². The first kappa shape index (κ1) is 9.60. The van der Waals surface area contributed by atoms with Crippen LogP contribution in [0.2, 0.25) is 5.02 Å². The molecule has 1 aromatic carbocycles. The zero-order chi connectivity index (χ0) is 10.1. The molecule has 0 amide bonds. The van der Waals surface area contributed by atoms with Gasteiger partial charge in [0.15, 0.2) is 0 Å². The summed E-state index contributed by atoms with van der Waals surface area (Å²) in [6.07, 6.45) is 3.24. The third kappa shape index (κ3) is 1.53. The van der Waals surface area contributed by atoms with E-state index in [9.17, 15) is 0 Å². The van der Waals surface area contributed by atoms with Gasteiger partial charge in [-0.25, -0.2) is 0 Å². The maximum atomic E-state index is 5.98. The second-order valence-corrected chi connectivity index (χ2v) is 4.18. The number of rotatable bonds is 2. The van der Waals surface area contributed by atoms with E-state index in [0.717, 1.165) is 11.4 Å². The number of nitrogens with one attached hydrogen (secondary N) is 1. The lowest BCUT2D eigenvalue weighted by atomic mass is 9.98. The lowest BCUT2D eigenvalue weighted by Crippen LogP contribution is -1.88. The molecule has 0 aliphatic heterocycles. The maximum Gasteiger partial charge on any atom is 0.0457 e. The van der Waals surface area contributed by atoms with Crippen molar-refractivity contribution in [1.82, 2.24) is 4.98 Å². The molecule has 1 nitrogen and oxygen atoms in total. The zero-order valence-corrected chi connectivity index (χ0v) is 9.23. The Labute approximate surface area is 89.1 Å². The van der Waals surface area contributed by atoms with Crippen molar-refractivity contribution < 1.29 is 0 Å². The van der Waals surface area contributed by atoms with Crippen LogP contribution in [0.5, 0.6) is 0 Å². The van der Waals surface area contributed by atoms with E-state index in [2.05, 4.69) is 25.0 Å². The first-order valence-corrected chi connectivity index (χ1v) is 5.36. The van der Waals surface area contributed by atoms with Gasteiger partial charge in [0.25, 0.3) is 0 Å². The molecule has 2 aromatic rings. The van der Waals surface area contributed by atoms with Gasteiger partial charge >= 0.3 is 0 Å². The van der Waals surface area contributed by atoms with Crippen molar-refractivity contribution in [3.05, 3.63) is 35.0 Å². The van der Waals surface area contributed by atoms with Crippen LogP contribution in [-0.4, -0.2) is 4.98 Å². The predicted molar refractivity (Wildman–Crippen MR) is 62.0 cm³/mol. The number of aromatic nitrogens is 1. The molecule has 0 radical (unpaired) electrons. The van der Waals surface area contributed by atoms with E-state index in [1.807, 2.05) is 18.2 Å². The van der Waals surface area contributed by atoms with E-state index in [1.165, 1.54) is 16.5 Å². The Morgan fingerprint density at radius 3 is 2.93 bits per heavy atom. The van der Waals surface area contributed by atoms with Crippen LogP contribution in [0.1, 0.15) is 31.7 Å². The van der Waals surface area contributed by atoms with Gasteiger partial charge < -0.3 is 4.98 Å². The molecule has 0 saturated heterocycles. The zero-order valence-electron chi connectivity index (χ0n) is 8.47. The Morgan fingerprint density at radius 2 is 2.21 bits per heavy atom. The highest BCUT2D eigenvalue weighted by Crippen LogP contribution is 2.29. The second kappa shape index (κ2) is 3.66. The van der Waals surface area contributed by atoms with Crippen molar-refractivity contribution in [2.45, 2.75) is 26.2 Å². The number of hydrogen-bond donors (Lipinski definition) is 1. The van der Waals surface area contributed by atoms with Crippen LogP contribution in [0.15, 0.2) is 24.4 Å². The first-order chi connectivity index (χ1) is 6.72. The molecule has 0 spiro atoms. The van der Waals surface area contributed by atoms with E-state index in [1.54, 1.807) is 0 Å². The summed E-state index contributed by atoms with van der Waals surface area (Å²) in [6.45, 7) is 4.44. The molecular formula is C12H14ClN. The summed E-state index contributed by atoms with van der Waals surface area (Å²) in [5.41, 5.74) is 2.54. The molecule has 0 saturated carbocycles. The van der Waals surface area contributed by atoms with Crippen LogP contribution in [0, 0.1) is 0 Å². The summed E-state index contributed by atoms with van der Waals surface area (Å²) in [7, 11) is 0. The molecule has 1 heterocycles. The van der Waals surface area contributed by atoms with Crippen molar-refractivity contribution in [3.63, 3.8) is 0 Å². The van der Waals surface area contributed by atoms with Gasteiger partial charge in [-0.15, -0.1) is 0 Å². The highest BCUT2D eigenvalue weighted by molar-refractivity contribution is 6.31. The van der Waals surface area contributed by atoms with E-state index in [4.69, 9.17) is 11.6 Å². The first-order valence-electron chi connectivity index (χ1n) is 4.99. The standard InChI is InChI=1S/C12H14ClN/c1-3-8(2)11-7-14-12-5-4-9(13)6-10(11)12/h4-8,14H,3H2,1-2H3/t8-/m0/s1. The van der Waals surface area contributed by atoms with E-state index >= 15 is 0 Å². The van der Waals surface area contributed by atoms with Crippen LogP contribution < -0.4 is 0 Å². The summed E-state index contributed by atoms with van der Waals surface area (Å²) in [4.78, 5) is 3.27. The number of H-pyrrole nitrogens is 1. The smallest absolute Gasteiger partial charge is 0.0457 e. The van der Waals surface area contributed by atoms with Crippen molar-refractivity contribution >= 4 is 22.5 Å². The number of fused-ring (bicyclic) bond motifs is 1. The normalized spacial score (nSPS) is 13.4. The average Bonchev–Trinajstić information content (AvgIpc) is 2.59. The number of hydrogen-bond acceptors (Lipinski definition) is 0. The third-order valence-electron chi connectivity index (χ3n) is 2.82. The highest BCUT2D eigenvalue weighted by Gasteiger charge is 2.09. The minimum absolute atomic E-state index is 0.585. The Morgan fingerprint density at radius 1 is 1.43 bits per heavy atom. The monoisotopic (exact) mass is 207 g/mol. The molecule has 14 heavy (non-hydrogen) atoms. The summed E-state index contributed by atoms with van der Waals surface area (Å²) < 4.78 is 0. The molecule has 2 rings (SSSR count). The van der Waals surface area contributed by atoms with Gasteiger partial charge in [0, 0.05) is 22.1 Å². The van der Waals surface area contributed by atoms with Crippen LogP contribution >= 0.6 is 11.6 Å². The van der Waals surface area contributed by atoms with E-state index < -0.39 is 0 Å². The molecule has 0 aliphatic rings. The molecule has 0 aliphatic carbocycles. The lowest BCUT2D eigenvalue weighted by molar-refractivity contribution is 0.739. The molecule has 0 bridgehead atoms. The fourth-order valence-corrected chi connectivity index (χ4v) is 1.91. The van der Waals surface area contributed by atoms with Gasteiger partial charge in [0.1, 0.15) is 0 Å². The minimum atomic E-state index is 0.585. The van der Waals surface area contributed by atoms with Gasteiger partial charge in [-0.3, -0.25) is 0 Å². The Hall–Kier alpha value is -0.950. The van der Waals surface area contributed by atoms with Gasteiger partial charge in [-0.05, 0) is 36.1 Å². The highest BCUT2D eigenvalue weighted by atomic mass is 35.5.